The van der Waals surface area contributed by atoms with Gasteiger partial charge in [-0.05, 0) is 19.9 Å². The molecule has 1 aliphatic heterocycles. The van der Waals surface area contributed by atoms with Crippen molar-refractivity contribution in [2.24, 2.45) is 17.8 Å². The van der Waals surface area contributed by atoms with Crippen LogP contribution in [0.5, 0.6) is 0 Å². The second-order valence-electron chi connectivity index (χ2n) is 6.54. The van der Waals surface area contributed by atoms with Crippen LogP contribution in [-0.2, 0) is 23.9 Å². The fraction of sp³-hybridized carbons (Fsp3) is 0.588. The highest BCUT2D eigenvalue weighted by molar-refractivity contribution is 6.09. The number of rotatable bonds is 1. The van der Waals surface area contributed by atoms with Gasteiger partial charge in [-0.15, -0.1) is 0 Å². The fourth-order valence-corrected chi connectivity index (χ4v) is 4.11. The first kappa shape index (κ1) is 15.0. The Morgan fingerprint density at radius 2 is 2.00 bits per heavy atom. The van der Waals surface area contributed by atoms with Crippen molar-refractivity contribution in [1.82, 2.24) is 0 Å². The van der Waals surface area contributed by atoms with Crippen LogP contribution in [0.25, 0.3) is 0 Å². The molecule has 5 atom stereocenters. The highest BCUT2D eigenvalue weighted by atomic mass is 16.6. The van der Waals surface area contributed by atoms with E-state index in [1.165, 1.54) is 6.92 Å². The molecular weight excluding hydrogens is 284 g/mol. The molecule has 0 N–H and O–H groups in total. The maximum atomic E-state index is 12.3. The third-order valence-electron chi connectivity index (χ3n) is 5.05. The average Bonchev–Trinajstić information content (AvgIpc) is 2.80. The highest BCUT2D eigenvalue weighted by Crippen LogP contribution is 2.47. The molecule has 3 rings (SSSR count). The molecule has 0 saturated carbocycles. The first-order valence-corrected chi connectivity index (χ1v) is 7.61. The average molecular weight is 304 g/mol. The predicted molar refractivity (Wildman–Crippen MR) is 77.7 cm³/mol. The lowest BCUT2D eigenvalue weighted by Crippen LogP contribution is -2.39. The number of esters is 2. The Hall–Kier alpha value is -1.91. The Kier molecular flexibility index (Phi) is 3.46. The molecule has 0 aromatic heterocycles. The molecule has 5 nitrogen and oxygen atoms in total. The van der Waals surface area contributed by atoms with E-state index < -0.39 is 12.1 Å². The summed E-state index contributed by atoms with van der Waals surface area (Å²) in [5.74, 6) is -1.50. The molecule has 0 bridgehead atoms. The quantitative estimate of drug-likeness (QED) is 0.693. The summed E-state index contributed by atoms with van der Waals surface area (Å²) < 4.78 is 11.1. The third kappa shape index (κ3) is 2.11. The van der Waals surface area contributed by atoms with Gasteiger partial charge in [0, 0.05) is 30.8 Å². The number of carbonyl (C=O) groups is 3. The second-order valence-corrected chi connectivity index (χ2v) is 6.54. The Balaban J connectivity index is 2.11. The molecule has 0 aromatic carbocycles. The number of hydrogen-bond donors (Lipinski definition) is 0. The smallest absolute Gasteiger partial charge is 0.309 e. The lowest BCUT2D eigenvalue weighted by Gasteiger charge is -2.31. The lowest BCUT2D eigenvalue weighted by molar-refractivity contribution is -0.152. The van der Waals surface area contributed by atoms with E-state index >= 15 is 0 Å². The Morgan fingerprint density at radius 3 is 2.64 bits per heavy atom. The van der Waals surface area contributed by atoms with Gasteiger partial charge in [0.2, 0.25) is 0 Å². The zero-order valence-electron chi connectivity index (χ0n) is 13.2. The van der Waals surface area contributed by atoms with E-state index in [-0.39, 0.29) is 35.6 Å². The summed E-state index contributed by atoms with van der Waals surface area (Å²) in [4.78, 5) is 35.9. The summed E-state index contributed by atoms with van der Waals surface area (Å²) in [6.07, 6.45) is 1.28. The van der Waals surface area contributed by atoms with Gasteiger partial charge < -0.3 is 9.47 Å². The SMILES string of the molecule is CC(=O)O[C@@H]1[C@H]2C(C)=CC(=O)C2=C(C)C[C@H]2OC(=O)[C@H](C)[C@@H]12. The molecule has 118 valence electrons. The lowest BCUT2D eigenvalue weighted by atomic mass is 9.79. The van der Waals surface area contributed by atoms with Crippen molar-refractivity contribution in [3.63, 3.8) is 0 Å². The van der Waals surface area contributed by atoms with Crippen LogP contribution in [0.2, 0.25) is 0 Å². The number of hydrogen-bond acceptors (Lipinski definition) is 5. The van der Waals surface area contributed by atoms with Crippen molar-refractivity contribution in [3.8, 4) is 0 Å². The van der Waals surface area contributed by atoms with Gasteiger partial charge in [0.25, 0.3) is 0 Å². The van der Waals surface area contributed by atoms with Crippen molar-refractivity contribution in [3.05, 3.63) is 22.8 Å². The van der Waals surface area contributed by atoms with Crippen LogP contribution in [0.1, 0.15) is 34.1 Å². The summed E-state index contributed by atoms with van der Waals surface area (Å²) in [5.41, 5.74) is 2.52. The summed E-state index contributed by atoms with van der Waals surface area (Å²) >= 11 is 0. The molecule has 0 aromatic rings. The van der Waals surface area contributed by atoms with E-state index in [9.17, 15) is 14.4 Å². The molecule has 0 radical (unpaired) electrons. The molecule has 3 aliphatic rings. The van der Waals surface area contributed by atoms with E-state index in [2.05, 4.69) is 0 Å². The molecule has 22 heavy (non-hydrogen) atoms. The van der Waals surface area contributed by atoms with Gasteiger partial charge in [-0.25, -0.2) is 0 Å². The van der Waals surface area contributed by atoms with E-state index in [4.69, 9.17) is 9.47 Å². The topological polar surface area (TPSA) is 69.7 Å². The van der Waals surface area contributed by atoms with Crippen molar-refractivity contribution >= 4 is 17.7 Å². The number of carbonyl (C=O) groups excluding carboxylic acids is 3. The van der Waals surface area contributed by atoms with Crippen molar-refractivity contribution < 1.29 is 23.9 Å². The van der Waals surface area contributed by atoms with Crippen LogP contribution in [0.3, 0.4) is 0 Å². The monoisotopic (exact) mass is 304 g/mol. The molecule has 0 unspecified atom stereocenters. The Morgan fingerprint density at radius 1 is 1.32 bits per heavy atom. The maximum Gasteiger partial charge on any atom is 0.309 e. The van der Waals surface area contributed by atoms with Gasteiger partial charge in [0.05, 0.1) is 5.92 Å². The molecule has 1 heterocycles. The number of fused-ring (bicyclic) bond motifs is 2. The van der Waals surface area contributed by atoms with Crippen LogP contribution < -0.4 is 0 Å². The van der Waals surface area contributed by atoms with Gasteiger partial charge >= 0.3 is 11.9 Å². The second kappa shape index (κ2) is 5.07. The van der Waals surface area contributed by atoms with Gasteiger partial charge in [0.1, 0.15) is 12.2 Å². The third-order valence-corrected chi connectivity index (χ3v) is 5.05. The molecule has 1 fully saturated rings. The van der Waals surface area contributed by atoms with Gasteiger partial charge in [-0.1, -0.05) is 18.1 Å². The number of allylic oxidation sites excluding steroid dienone is 1. The van der Waals surface area contributed by atoms with Crippen LogP contribution in [0.4, 0.5) is 0 Å². The van der Waals surface area contributed by atoms with Crippen LogP contribution in [0, 0.1) is 17.8 Å². The minimum absolute atomic E-state index is 0.0175. The molecule has 1 saturated heterocycles. The zero-order valence-corrected chi connectivity index (χ0v) is 13.2. The summed E-state index contributed by atoms with van der Waals surface area (Å²) in [5, 5.41) is 0. The van der Waals surface area contributed by atoms with Crippen LogP contribution >= 0.6 is 0 Å². The maximum absolute atomic E-state index is 12.3. The van der Waals surface area contributed by atoms with Gasteiger partial charge in [0.15, 0.2) is 5.78 Å². The van der Waals surface area contributed by atoms with Gasteiger partial charge in [-0.3, -0.25) is 14.4 Å². The first-order valence-electron chi connectivity index (χ1n) is 7.61. The fourth-order valence-electron chi connectivity index (χ4n) is 4.11. The van der Waals surface area contributed by atoms with Gasteiger partial charge in [-0.2, -0.15) is 0 Å². The molecule has 0 amide bonds. The van der Waals surface area contributed by atoms with E-state index in [0.717, 1.165) is 11.1 Å². The summed E-state index contributed by atoms with van der Waals surface area (Å²) in [7, 11) is 0. The molecule has 0 spiro atoms. The highest BCUT2D eigenvalue weighted by Gasteiger charge is 2.54. The van der Waals surface area contributed by atoms with E-state index in [1.54, 1.807) is 13.0 Å². The normalized spacial score (nSPS) is 37.3. The number of ether oxygens (including phenoxy) is 2. The largest absolute Gasteiger partial charge is 0.461 e. The molecule has 5 heteroatoms. The standard InChI is InChI=1S/C17H20O5/c1-7-5-11(19)13-8(2)6-12-15(9(3)17(20)22-12)16(14(7)13)21-10(4)18/h5,9,12,14-16H,6H2,1-4H3/t9-,12-,14+,15-,16-/m1/s1. The summed E-state index contributed by atoms with van der Waals surface area (Å²) in [6, 6.07) is 0. The summed E-state index contributed by atoms with van der Waals surface area (Å²) in [6.45, 7) is 6.94. The predicted octanol–water partition coefficient (Wildman–Crippen LogP) is 1.96. The van der Waals surface area contributed by atoms with Crippen LogP contribution in [0.15, 0.2) is 22.8 Å². The van der Waals surface area contributed by atoms with Crippen molar-refractivity contribution in [2.45, 2.75) is 46.3 Å². The Bertz CT molecular complexity index is 627. The Labute approximate surface area is 129 Å². The number of ketones is 1. The first-order chi connectivity index (χ1) is 10.3. The minimum Gasteiger partial charge on any atom is -0.461 e. The molecule has 2 aliphatic carbocycles. The minimum atomic E-state index is -0.529. The van der Waals surface area contributed by atoms with E-state index in [0.29, 0.717) is 12.0 Å². The zero-order chi connectivity index (χ0) is 16.2. The van der Waals surface area contributed by atoms with Crippen LogP contribution in [-0.4, -0.2) is 29.9 Å². The van der Waals surface area contributed by atoms with E-state index in [1.807, 2.05) is 13.8 Å². The van der Waals surface area contributed by atoms with Crippen molar-refractivity contribution in [1.29, 1.82) is 0 Å². The molecular formula is C17H20O5. The van der Waals surface area contributed by atoms with Crippen molar-refractivity contribution in [2.75, 3.05) is 0 Å².